The summed E-state index contributed by atoms with van der Waals surface area (Å²) >= 11 is 0. The zero-order valence-corrected chi connectivity index (χ0v) is 12.2. The van der Waals surface area contributed by atoms with Crippen molar-refractivity contribution in [3.05, 3.63) is 11.4 Å². The van der Waals surface area contributed by atoms with Gasteiger partial charge in [0.05, 0.1) is 18.0 Å². The summed E-state index contributed by atoms with van der Waals surface area (Å²) < 4.78 is 4.84. The molecule has 1 aromatic heterocycles. The predicted octanol–water partition coefficient (Wildman–Crippen LogP) is 0.970. The number of aryl methyl sites for hydroxylation is 1. The molecule has 20 heavy (non-hydrogen) atoms. The van der Waals surface area contributed by atoms with Crippen LogP contribution in [0.2, 0.25) is 0 Å². The Morgan fingerprint density at radius 2 is 2.05 bits per heavy atom. The van der Waals surface area contributed by atoms with Crippen LogP contribution in [0.15, 0.2) is 0 Å². The molecule has 1 aromatic rings. The second kappa shape index (κ2) is 7.52. The molecule has 0 saturated carbocycles. The highest BCUT2D eigenvalue weighted by Crippen LogP contribution is 2.17. The third-order valence-corrected chi connectivity index (χ3v) is 2.88. The number of aromatic nitrogens is 2. The molecule has 0 spiro atoms. The van der Waals surface area contributed by atoms with Crippen molar-refractivity contribution in [2.75, 3.05) is 25.4 Å². The summed E-state index contributed by atoms with van der Waals surface area (Å²) in [4.78, 5) is 25.1. The van der Waals surface area contributed by atoms with E-state index in [1.807, 2.05) is 6.92 Å². The van der Waals surface area contributed by atoms with Crippen LogP contribution < -0.4 is 5.73 Å². The number of aromatic amines is 1. The Kier molecular flexibility index (Phi) is 6.02. The number of nitrogens with one attached hydrogen (secondary N) is 1. The molecule has 1 heterocycles. The maximum Gasteiger partial charge on any atom is 0.325 e. The van der Waals surface area contributed by atoms with Crippen LogP contribution in [0.5, 0.6) is 0 Å². The average Bonchev–Trinajstić information content (AvgIpc) is 2.78. The van der Waals surface area contributed by atoms with Gasteiger partial charge in [-0.25, -0.2) is 0 Å². The van der Waals surface area contributed by atoms with Crippen molar-refractivity contribution in [3.8, 4) is 0 Å². The molecule has 0 aliphatic rings. The normalized spacial score (nSPS) is 10.3. The number of nitrogens with two attached hydrogens (primary N) is 1. The van der Waals surface area contributed by atoms with Crippen LogP contribution in [0.1, 0.15) is 43.4 Å². The van der Waals surface area contributed by atoms with Gasteiger partial charge in [-0.3, -0.25) is 14.7 Å². The fourth-order valence-electron chi connectivity index (χ4n) is 1.83. The van der Waals surface area contributed by atoms with Crippen molar-refractivity contribution in [1.29, 1.82) is 0 Å². The second-order valence-electron chi connectivity index (χ2n) is 4.34. The average molecular weight is 282 g/mol. The zero-order valence-electron chi connectivity index (χ0n) is 12.2. The molecule has 1 amide bonds. The summed E-state index contributed by atoms with van der Waals surface area (Å²) in [6.07, 6.45) is 1.64. The highest BCUT2D eigenvalue weighted by Gasteiger charge is 2.23. The molecule has 0 radical (unpaired) electrons. The molecular formula is C13H22N4O3. The minimum atomic E-state index is -0.439. The molecular weight excluding hydrogens is 260 g/mol. The van der Waals surface area contributed by atoms with E-state index in [0.717, 1.165) is 18.5 Å². The van der Waals surface area contributed by atoms with E-state index in [1.165, 1.54) is 4.90 Å². The molecule has 7 heteroatoms. The third kappa shape index (κ3) is 3.72. The maximum atomic E-state index is 12.3. The van der Waals surface area contributed by atoms with E-state index in [1.54, 1.807) is 13.8 Å². The van der Waals surface area contributed by atoms with Crippen molar-refractivity contribution in [2.45, 2.75) is 33.6 Å². The number of nitrogen functional groups attached to an aromatic ring is 1. The van der Waals surface area contributed by atoms with Crippen LogP contribution in [0.3, 0.4) is 0 Å². The maximum absolute atomic E-state index is 12.3. The first-order valence-corrected chi connectivity index (χ1v) is 6.82. The smallest absolute Gasteiger partial charge is 0.325 e. The van der Waals surface area contributed by atoms with Crippen molar-refractivity contribution in [3.63, 3.8) is 0 Å². The summed E-state index contributed by atoms with van der Waals surface area (Å²) in [6.45, 7) is 6.09. The number of likely N-dealkylation sites (N-methyl/N-ethyl adjacent to an activating group) is 1. The van der Waals surface area contributed by atoms with Gasteiger partial charge in [-0.1, -0.05) is 13.3 Å². The SMILES string of the molecule is CCCc1[nH]nc(C(=O)N(CC)CC(=O)OCC)c1N. The van der Waals surface area contributed by atoms with Crippen molar-refractivity contribution < 1.29 is 14.3 Å². The molecule has 0 unspecified atom stereocenters. The van der Waals surface area contributed by atoms with Crippen LogP contribution in [0.25, 0.3) is 0 Å². The second-order valence-corrected chi connectivity index (χ2v) is 4.34. The zero-order chi connectivity index (χ0) is 15.1. The number of rotatable bonds is 7. The number of anilines is 1. The van der Waals surface area contributed by atoms with Gasteiger partial charge in [-0.2, -0.15) is 5.10 Å². The first-order chi connectivity index (χ1) is 9.54. The van der Waals surface area contributed by atoms with E-state index in [2.05, 4.69) is 10.2 Å². The van der Waals surface area contributed by atoms with E-state index in [9.17, 15) is 9.59 Å². The lowest BCUT2D eigenvalue weighted by Crippen LogP contribution is -2.36. The Balaban J connectivity index is 2.83. The van der Waals surface area contributed by atoms with Gasteiger partial charge < -0.3 is 15.4 Å². The lowest BCUT2D eigenvalue weighted by Gasteiger charge is -2.18. The van der Waals surface area contributed by atoms with Crippen molar-refractivity contribution in [1.82, 2.24) is 15.1 Å². The van der Waals surface area contributed by atoms with Gasteiger partial charge in [-0.15, -0.1) is 0 Å². The lowest BCUT2D eigenvalue weighted by molar-refractivity contribution is -0.143. The lowest BCUT2D eigenvalue weighted by atomic mass is 10.2. The number of hydrogen-bond acceptors (Lipinski definition) is 5. The molecule has 0 aliphatic carbocycles. The fraction of sp³-hybridized carbons (Fsp3) is 0.615. The Morgan fingerprint density at radius 3 is 2.60 bits per heavy atom. The van der Waals surface area contributed by atoms with Gasteiger partial charge in [-0.05, 0) is 20.3 Å². The molecule has 0 atom stereocenters. The topological polar surface area (TPSA) is 101 Å². The molecule has 0 aromatic carbocycles. The Morgan fingerprint density at radius 1 is 1.35 bits per heavy atom. The summed E-state index contributed by atoms with van der Waals surface area (Å²) in [5, 5.41) is 6.74. The Labute approximate surface area is 118 Å². The molecule has 7 nitrogen and oxygen atoms in total. The minimum Gasteiger partial charge on any atom is -0.465 e. The van der Waals surface area contributed by atoms with Crippen molar-refractivity contribution in [2.24, 2.45) is 0 Å². The van der Waals surface area contributed by atoms with Crippen LogP contribution in [-0.4, -0.2) is 46.7 Å². The number of ether oxygens (including phenoxy) is 1. The number of hydrogen-bond donors (Lipinski definition) is 2. The van der Waals surface area contributed by atoms with Gasteiger partial charge in [0.15, 0.2) is 5.69 Å². The Hall–Kier alpha value is -2.05. The van der Waals surface area contributed by atoms with Crippen LogP contribution in [-0.2, 0) is 16.0 Å². The summed E-state index contributed by atoms with van der Waals surface area (Å²) in [7, 11) is 0. The predicted molar refractivity (Wildman–Crippen MR) is 75.2 cm³/mol. The highest BCUT2D eigenvalue weighted by atomic mass is 16.5. The van der Waals surface area contributed by atoms with E-state index < -0.39 is 5.97 Å². The molecule has 0 fully saturated rings. The minimum absolute atomic E-state index is 0.0986. The van der Waals surface area contributed by atoms with E-state index in [-0.39, 0.29) is 24.8 Å². The van der Waals surface area contributed by atoms with Gasteiger partial charge >= 0.3 is 5.97 Å². The van der Waals surface area contributed by atoms with E-state index in [0.29, 0.717) is 12.2 Å². The van der Waals surface area contributed by atoms with Crippen LogP contribution in [0, 0.1) is 0 Å². The number of nitrogens with zero attached hydrogens (tertiary/aromatic N) is 2. The molecule has 112 valence electrons. The van der Waals surface area contributed by atoms with E-state index >= 15 is 0 Å². The first-order valence-electron chi connectivity index (χ1n) is 6.82. The largest absolute Gasteiger partial charge is 0.465 e. The van der Waals surface area contributed by atoms with Gasteiger partial charge in [0.2, 0.25) is 0 Å². The number of amides is 1. The quantitative estimate of drug-likeness (QED) is 0.726. The first kappa shape index (κ1) is 16.0. The summed E-state index contributed by atoms with van der Waals surface area (Å²) in [5.74, 6) is -0.803. The van der Waals surface area contributed by atoms with Gasteiger partial charge in [0, 0.05) is 6.54 Å². The molecule has 0 saturated heterocycles. The van der Waals surface area contributed by atoms with Crippen molar-refractivity contribution >= 4 is 17.6 Å². The van der Waals surface area contributed by atoms with Gasteiger partial charge in [0.25, 0.3) is 5.91 Å². The highest BCUT2D eigenvalue weighted by molar-refractivity contribution is 5.99. The number of esters is 1. The summed E-state index contributed by atoms with van der Waals surface area (Å²) in [6, 6.07) is 0. The van der Waals surface area contributed by atoms with E-state index in [4.69, 9.17) is 10.5 Å². The fourth-order valence-corrected chi connectivity index (χ4v) is 1.83. The van der Waals surface area contributed by atoms with Crippen LogP contribution >= 0.6 is 0 Å². The number of H-pyrrole nitrogens is 1. The third-order valence-electron chi connectivity index (χ3n) is 2.88. The molecule has 0 bridgehead atoms. The number of carbonyl (C=O) groups excluding carboxylic acids is 2. The number of carbonyl (C=O) groups is 2. The molecule has 3 N–H and O–H groups in total. The monoisotopic (exact) mass is 282 g/mol. The van der Waals surface area contributed by atoms with Crippen LogP contribution in [0.4, 0.5) is 5.69 Å². The molecule has 1 rings (SSSR count). The van der Waals surface area contributed by atoms with Gasteiger partial charge in [0.1, 0.15) is 6.54 Å². The summed E-state index contributed by atoms with van der Waals surface area (Å²) in [5.41, 5.74) is 7.19. The standard InChI is InChI=1S/C13H22N4O3/c1-4-7-9-11(14)12(16-15-9)13(19)17(5-2)8-10(18)20-6-3/h4-8,14H2,1-3H3,(H,15,16). The molecule has 0 aliphatic heterocycles. The Bertz CT molecular complexity index is 470.